The Kier molecular flexibility index (Phi) is 8.94. The zero-order valence-corrected chi connectivity index (χ0v) is 23.0. The minimum absolute atomic E-state index is 0.0637. The summed E-state index contributed by atoms with van der Waals surface area (Å²) in [5.41, 5.74) is 8.79. The van der Waals surface area contributed by atoms with E-state index in [1.807, 2.05) is 41.3 Å². The lowest BCUT2D eigenvalue weighted by Crippen LogP contribution is -2.49. The van der Waals surface area contributed by atoms with Gasteiger partial charge in [-0.15, -0.1) is 0 Å². The molecule has 0 bridgehead atoms. The summed E-state index contributed by atoms with van der Waals surface area (Å²) in [6, 6.07) is 20.7. The first-order chi connectivity index (χ1) is 19.9. The zero-order chi connectivity index (χ0) is 28.8. The number of nitrogens with zero attached hydrogens (tertiary/aromatic N) is 2. The van der Waals surface area contributed by atoms with Crippen LogP contribution in [0, 0.1) is 5.82 Å². The number of hydrogen-bond acceptors (Lipinski definition) is 5. The minimum Gasteiger partial charge on any atom is -0.366 e. The molecule has 0 atom stereocenters. The van der Waals surface area contributed by atoms with Crippen LogP contribution < -0.4 is 21.3 Å². The number of rotatable bonds is 7. The van der Waals surface area contributed by atoms with E-state index in [4.69, 9.17) is 5.73 Å². The Balaban J connectivity index is 1.31. The van der Waals surface area contributed by atoms with Crippen LogP contribution in [0.15, 0.2) is 72.8 Å². The van der Waals surface area contributed by atoms with E-state index in [-0.39, 0.29) is 29.5 Å². The van der Waals surface area contributed by atoms with E-state index in [1.165, 1.54) is 18.2 Å². The van der Waals surface area contributed by atoms with Gasteiger partial charge in [0.25, 0.3) is 11.8 Å². The Hall–Kier alpha value is -4.24. The molecule has 2 fully saturated rings. The molecule has 4 N–H and O–H groups in total. The Morgan fingerprint density at radius 1 is 0.805 bits per heavy atom. The number of benzene rings is 3. The summed E-state index contributed by atoms with van der Waals surface area (Å²) in [6.07, 6.45) is 3.77. The van der Waals surface area contributed by atoms with Crippen molar-refractivity contribution in [1.29, 1.82) is 0 Å². The molecule has 1 saturated carbocycles. The van der Waals surface area contributed by atoms with Crippen molar-refractivity contribution in [2.75, 3.05) is 36.4 Å². The molecule has 5 rings (SSSR count). The molecule has 1 aliphatic heterocycles. The van der Waals surface area contributed by atoms with Gasteiger partial charge in [-0.25, -0.2) is 4.39 Å². The van der Waals surface area contributed by atoms with Crippen LogP contribution >= 0.6 is 0 Å². The number of anilines is 2. The van der Waals surface area contributed by atoms with Gasteiger partial charge in [-0.05, 0) is 67.6 Å². The van der Waals surface area contributed by atoms with E-state index in [2.05, 4.69) is 15.5 Å². The van der Waals surface area contributed by atoms with Crippen LogP contribution in [0.3, 0.4) is 0 Å². The quantitative estimate of drug-likeness (QED) is 0.408. The summed E-state index contributed by atoms with van der Waals surface area (Å²) in [5, 5.41) is 6.00. The van der Waals surface area contributed by atoms with Gasteiger partial charge in [-0.3, -0.25) is 14.4 Å². The molecular weight excluding hydrogens is 521 g/mol. The van der Waals surface area contributed by atoms with Crippen LogP contribution in [-0.4, -0.2) is 60.9 Å². The molecule has 3 aromatic rings. The fourth-order valence-corrected chi connectivity index (χ4v) is 5.49. The van der Waals surface area contributed by atoms with Crippen LogP contribution in [0.25, 0.3) is 0 Å². The summed E-state index contributed by atoms with van der Waals surface area (Å²) in [4.78, 5) is 43.0. The first kappa shape index (κ1) is 28.3. The monoisotopic (exact) mass is 557 g/mol. The summed E-state index contributed by atoms with van der Waals surface area (Å²) < 4.78 is 13.8. The van der Waals surface area contributed by atoms with Gasteiger partial charge in [-0.2, -0.15) is 0 Å². The molecule has 3 amide bonds. The number of carbonyl (C=O) groups is 3. The van der Waals surface area contributed by atoms with Crippen LogP contribution in [-0.2, 0) is 11.2 Å². The van der Waals surface area contributed by atoms with Gasteiger partial charge in [-0.1, -0.05) is 36.4 Å². The number of piperazine rings is 1. The van der Waals surface area contributed by atoms with Gasteiger partial charge in [0.1, 0.15) is 5.82 Å². The second-order valence-corrected chi connectivity index (χ2v) is 10.8. The standard InChI is InChI=1S/C32H36FN5O3/c33-25-8-4-7-23(20-25)32(41)36-28-21-24(31(40)35-27-12-10-26(34)11-13-27)9-14-29(28)37-15-17-38(18-16-37)30(39)19-22-5-2-1-3-6-22/h1-9,14,20-21,26-27H,10-13,15-19,34H2,(H,35,40)(H,36,41). The van der Waals surface area contributed by atoms with Crippen LogP contribution in [0.1, 0.15) is 52.0 Å². The van der Waals surface area contributed by atoms with Crippen molar-refractivity contribution in [3.8, 4) is 0 Å². The highest BCUT2D eigenvalue weighted by atomic mass is 19.1. The first-order valence-corrected chi connectivity index (χ1v) is 14.2. The maximum Gasteiger partial charge on any atom is 0.255 e. The van der Waals surface area contributed by atoms with E-state index in [1.54, 1.807) is 18.2 Å². The van der Waals surface area contributed by atoms with Crippen molar-refractivity contribution in [2.45, 2.75) is 44.2 Å². The average molecular weight is 558 g/mol. The summed E-state index contributed by atoms with van der Waals surface area (Å²) in [7, 11) is 0. The van der Waals surface area contributed by atoms with Crippen molar-refractivity contribution in [1.82, 2.24) is 10.2 Å². The number of carbonyl (C=O) groups excluding carboxylic acids is 3. The Bertz CT molecular complexity index is 1380. The molecule has 214 valence electrons. The van der Waals surface area contributed by atoms with Gasteiger partial charge in [0.15, 0.2) is 0 Å². The molecule has 3 aromatic carbocycles. The van der Waals surface area contributed by atoms with E-state index in [9.17, 15) is 18.8 Å². The van der Waals surface area contributed by atoms with E-state index in [0.29, 0.717) is 43.9 Å². The predicted molar refractivity (Wildman–Crippen MR) is 157 cm³/mol. The largest absolute Gasteiger partial charge is 0.366 e. The lowest BCUT2D eigenvalue weighted by molar-refractivity contribution is -0.130. The van der Waals surface area contributed by atoms with E-state index >= 15 is 0 Å². The van der Waals surface area contributed by atoms with Crippen molar-refractivity contribution >= 4 is 29.1 Å². The molecular formula is C32H36FN5O3. The Labute approximate surface area is 239 Å². The lowest BCUT2D eigenvalue weighted by Gasteiger charge is -2.37. The van der Waals surface area contributed by atoms with Gasteiger partial charge >= 0.3 is 0 Å². The van der Waals surface area contributed by atoms with Crippen LogP contribution in [0.5, 0.6) is 0 Å². The highest BCUT2D eigenvalue weighted by molar-refractivity contribution is 6.07. The van der Waals surface area contributed by atoms with Gasteiger partial charge in [0.2, 0.25) is 5.91 Å². The predicted octanol–water partition coefficient (Wildman–Crippen LogP) is 3.97. The molecule has 0 aromatic heterocycles. The molecule has 8 nitrogen and oxygen atoms in total. The second-order valence-electron chi connectivity index (χ2n) is 10.8. The van der Waals surface area contributed by atoms with Gasteiger partial charge in [0.05, 0.1) is 17.8 Å². The molecule has 1 heterocycles. The number of nitrogens with one attached hydrogen (secondary N) is 2. The van der Waals surface area contributed by atoms with Crippen molar-refractivity contribution in [3.63, 3.8) is 0 Å². The summed E-state index contributed by atoms with van der Waals surface area (Å²) >= 11 is 0. The smallest absolute Gasteiger partial charge is 0.255 e. The third-order valence-corrected chi connectivity index (χ3v) is 7.87. The second kappa shape index (κ2) is 13.0. The van der Waals surface area contributed by atoms with Gasteiger partial charge < -0.3 is 26.2 Å². The summed E-state index contributed by atoms with van der Waals surface area (Å²) in [5.74, 6) is -1.11. The third kappa shape index (κ3) is 7.29. The zero-order valence-electron chi connectivity index (χ0n) is 23.0. The molecule has 1 aliphatic carbocycles. The number of amides is 3. The van der Waals surface area contributed by atoms with E-state index < -0.39 is 11.7 Å². The molecule has 41 heavy (non-hydrogen) atoms. The van der Waals surface area contributed by atoms with Crippen LogP contribution in [0.4, 0.5) is 15.8 Å². The fraction of sp³-hybridized carbons (Fsp3) is 0.344. The number of nitrogens with two attached hydrogens (primary N) is 1. The molecule has 1 saturated heterocycles. The van der Waals surface area contributed by atoms with Crippen molar-refractivity contribution < 1.29 is 18.8 Å². The highest BCUT2D eigenvalue weighted by Crippen LogP contribution is 2.30. The Morgan fingerprint density at radius 3 is 2.22 bits per heavy atom. The maximum absolute atomic E-state index is 13.8. The van der Waals surface area contributed by atoms with E-state index in [0.717, 1.165) is 36.9 Å². The molecule has 9 heteroatoms. The lowest BCUT2D eigenvalue weighted by atomic mass is 9.91. The molecule has 0 unspecified atom stereocenters. The Morgan fingerprint density at radius 2 is 1.51 bits per heavy atom. The highest BCUT2D eigenvalue weighted by Gasteiger charge is 2.25. The van der Waals surface area contributed by atoms with Gasteiger partial charge in [0, 0.05) is 49.4 Å². The average Bonchev–Trinajstić information content (AvgIpc) is 2.99. The minimum atomic E-state index is -0.505. The third-order valence-electron chi connectivity index (χ3n) is 7.87. The van der Waals surface area contributed by atoms with Crippen molar-refractivity contribution in [3.05, 3.63) is 95.3 Å². The normalized spacial score (nSPS) is 19.0. The van der Waals surface area contributed by atoms with Crippen molar-refractivity contribution in [2.24, 2.45) is 5.73 Å². The SMILES string of the molecule is NC1CCC(NC(=O)c2ccc(N3CCN(C(=O)Cc4ccccc4)CC3)c(NC(=O)c3cccc(F)c3)c2)CC1. The maximum atomic E-state index is 13.8. The topological polar surface area (TPSA) is 108 Å². The first-order valence-electron chi connectivity index (χ1n) is 14.2. The summed E-state index contributed by atoms with van der Waals surface area (Å²) in [6.45, 7) is 2.21. The van der Waals surface area contributed by atoms with Crippen LogP contribution in [0.2, 0.25) is 0 Å². The number of halogens is 1. The fourth-order valence-electron chi connectivity index (χ4n) is 5.49. The number of hydrogen-bond donors (Lipinski definition) is 3. The molecule has 0 radical (unpaired) electrons. The molecule has 0 spiro atoms. The molecule has 2 aliphatic rings.